The standard InChI is InChI=1S/C8H13N3S/c1-9-4-7-5-12-8(11-7)10-6-2-3-6/h5-6,9H,2-4H2,1H3,(H,10,11). The van der Waals surface area contributed by atoms with Crippen LogP contribution < -0.4 is 10.6 Å². The molecule has 1 aromatic rings. The Balaban J connectivity index is 1.92. The topological polar surface area (TPSA) is 37.0 Å². The summed E-state index contributed by atoms with van der Waals surface area (Å²) in [6.45, 7) is 0.864. The van der Waals surface area contributed by atoms with E-state index in [1.54, 1.807) is 11.3 Å². The van der Waals surface area contributed by atoms with Crippen molar-refractivity contribution in [2.24, 2.45) is 0 Å². The number of rotatable bonds is 4. The highest BCUT2D eigenvalue weighted by Crippen LogP contribution is 2.26. The molecule has 0 bridgehead atoms. The lowest BCUT2D eigenvalue weighted by molar-refractivity contribution is 0.797. The van der Waals surface area contributed by atoms with Crippen LogP contribution in [0.15, 0.2) is 5.38 Å². The third kappa shape index (κ3) is 1.95. The minimum atomic E-state index is 0.707. The van der Waals surface area contributed by atoms with Gasteiger partial charge in [-0.1, -0.05) is 0 Å². The van der Waals surface area contributed by atoms with Gasteiger partial charge in [0.25, 0.3) is 0 Å². The highest BCUT2D eigenvalue weighted by atomic mass is 32.1. The molecule has 0 aliphatic heterocycles. The van der Waals surface area contributed by atoms with E-state index in [0.29, 0.717) is 6.04 Å². The Bertz CT molecular complexity index is 255. The lowest BCUT2D eigenvalue weighted by atomic mass is 10.5. The quantitative estimate of drug-likeness (QED) is 0.741. The Kier molecular flexibility index (Phi) is 2.28. The molecule has 0 unspecified atom stereocenters. The van der Waals surface area contributed by atoms with Crippen LogP contribution in [0, 0.1) is 0 Å². The van der Waals surface area contributed by atoms with Gasteiger partial charge in [-0.3, -0.25) is 0 Å². The predicted molar refractivity (Wildman–Crippen MR) is 51.5 cm³/mol. The van der Waals surface area contributed by atoms with Crippen molar-refractivity contribution in [3.8, 4) is 0 Å². The van der Waals surface area contributed by atoms with Gasteiger partial charge in [0.05, 0.1) is 5.69 Å². The molecule has 4 heteroatoms. The second kappa shape index (κ2) is 3.41. The summed E-state index contributed by atoms with van der Waals surface area (Å²) in [6, 6.07) is 0.707. The van der Waals surface area contributed by atoms with E-state index in [9.17, 15) is 0 Å². The molecule has 1 heterocycles. The average molecular weight is 183 g/mol. The fourth-order valence-corrected chi connectivity index (χ4v) is 1.83. The van der Waals surface area contributed by atoms with Crippen LogP contribution in [0.1, 0.15) is 18.5 Å². The van der Waals surface area contributed by atoms with Crippen LogP contribution in [0.4, 0.5) is 5.13 Å². The third-order valence-corrected chi connectivity index (χ3v) is 2.64. The third-order valence-electron chi connectivity index (χ3n) is 1.81. The molecular formula is C8H13N3S. The van der Waals surface area contributed by atoms with Crippen LogP contribution in [-0.2, 0) is 6.54 Å². The Hall–Kier alpha value is -0.610. The smallest absolute Gasteiger partial charge is 0.183 e. The van der Waals surface area contributed by atoms with Crippen molar-refractivity contribution in [2.45, 2.75) is 25.4 Å². The molecule has 0 saturated heterocycles. The average Bonchev–Trinajstić information content (AvgIpc) is 2.74. The van der Waals surface area contributed by atoms with Crippen LogP contribution in [-0.4, -0.2) is 18.1 Å². The molecule has 1 aromatic heterocycles. The predicted octanol–water partition coefficient (Wildman–Crippen LogP) is 1.44. The van der Waals surface area contributed by atoms with Crippen LogP contribution in [0.2, 0.25) is 0 Å². The largest absolute Gasteiger partial charge is 0.359 e. The highest BCUT2D eigenvalue weighted by Gasteiger charge is 2.21. The van der Waals surface area contributed by atoms with E-state index in [4.69, 9.17) is 0 Å². The molecule has 0 radical (unpaired) electrons. The zero-order valence-electron chi connectivity index (χ0n) is 7.13. The van der Waals surface area contributed by atoms with Crippen LogP contribution in [0.5, 0.6) is 0 Å². The van der Waals surface area contributed by atoms with Gasteiger partial charge in [-0.05, 0) is 19.9 Å². The number of thiazole rings is 1. The summed E-state index contributed by atoms with van der Waals surface area (Å²) in [4.78, 5) is 4.43. The first-order valence-corrected chi connectivity index (χ1v) is 5.12. The van der Waals surface area contributed by atoms with Crippen molar-refractivity contribution in [3.05, 3.63) is 11.1 Å². The zero-order chi connectivity index (χ0) is 8.39. The van der Waals surface area contributed by atoms with E-state index >= 15 is 0 Å². The van der Waals surface area contributed by atoms with Gasteiger partial charge in [0, 0.05) is 18.0 Å². The summed E-state index contributed by atoms with van der Waals surface area (Å²) in [5.41, 5.74) is 1.13. The van der Waals surface area contributed by atoms with Crippen molar-refractivity contribution >= 4 is 16.5 Å². The second-order valence-electron chi connectivity index (χ2n) is 3.09. The minimum absolute atomic E-state index is 0.707. The molecule has 66 valence electrons. The molecule has 1 fully saturated rings. The van der Waals surface area contributed by atoms with E-state index in [0.717, 1.165) is 17.4 Å². The van der Waals surface area contributed by atoms with Crippen molar-refractivity contribution in [1.29, 1.82) is 0 Å². The molecule has 1 aliphatic carbocycles. The number of hydrogen-bond donors (Lipinski definition) is 2. The van der Waals surface area contributed by atoms with Crippen LogP contribution in [0.25, 0.3) is 0 Å². The normalized spacial score (nSPS) is 16.4. The summed E-state index contributed by atoms with van der Waals surface area (Å²) >= 11 is 1.70. The zero-order valence-corrected chi connectivity index (χ0v) is 7.95. The molecule has 3 nitrogen and oxygen atoms in total. The summed E-state index contributed by atoms with van der Waals surface area (Å²) in [5.74, 6) is 0. The van der Waals surface area contributed by atoms with Gasteiger partial charge in [0.2, 0.25) is 0 Å². The number of hydrogen-bond acceptors (Lipinski definition) is 4. The molecule has 12 heavy (non-hydrogen) atoms. The minimum Gasteiger partial charge on any atom is -0.359 e. The van der Waals surface area contributed by atoms with Crippen LogP contribution in [0.3, 0.4) is 0 Å². The molecule has 2 N–H and O–H groups in total. The van der Waals surface area contributed by atoms with Gasteiger partial charge in [0.15, 0.2) is 5.13 Å². The summed E-state index contributed by atoms with van der Waals surface area (Å²) in [5, 5.41) is 9.63. The van der Waals surface area contributed by atoms with Gasteiger partial charge in [-0.15, -0.1) is 11.3 Å². The van der Waals surface area contributed by atoms with Gasteiger partial charge in [-0.2, -0.15) is 0 Å². The first-order chi connectivity index (χ1) is 5.88. The summed E-state index contributed by atoms with van der Waals surface area (Å²) in [6.07, 6.45) is 2.61. The van der Waals surface area contributed by atoms with Gasteiger partial charge in [-0.25, -0.2) is 4.98 Å². The van der Waals surface area contributed by atoms with Crippen LogP contribution >= 0.6 is 11.3 Å². The second-order valence-corrected chi connectivity index (χ2v) is 3.95. The Labute approximate surface area is 76.2 Å². The first-order valence-electron chi connectivity index (χ1n) is 4.24. The molecule has 1 saturated carbocycles. The van der Waals surface area contributed by atoms with E-state index < -0.39 is 0 Å². The van der Waals surface area contributed by atoms with Crippen molar-refractivity contribution < 1.29 is 0 Å². The van der Waals surface area contributed by atoms with Gasteiger partial charge in [0.1, 0.15) is 0 Å². The highest BCUT2D eigenvalue weighted by molar-refractivity contribution is 7.13. The van der Waals surface area contributed by atoms with E-state index in [2.05, 4.69) is 21.0 Å². The molecule has 2 rings (SSSR count). The van der Waals surface area contributed by atoms with Crippen molar-refractivity contribution in [2.75, 3.05) is 12.4 Å². The Morgan fingerprint density at radius 2 is 2.50 bits per heavy atom. The number of nitrogens with zero attached hydrogens (tertiary/aromatic N) is 1. The van der Waals surface area contributed by atoms with E-state index in [1.165, 1.54) is 12.8 Å². The molecule has 0 atom stereocenters. The fourth-order valence-electron chi connectivity index (χ4n) is 1.04. The van der Waals surface area contributed by atoms with Crippen molar-refractivity contribution in [3.63, 3.8) is 0 Å². The summed E-state index contributed by atoms with van der Waals surface area (Å²) in [7, 11) is 1.94. The lowest BCUT2D eigenvalue weighted by Crippen LogP contribution is -2.06. The first kappa shape index (κ1) is 8.01. The van der Waals surface area contributed by atoms with E-state index in [-0.39, 0.29) is 0 Å². The molecule has 0 spiro atoms. The Morgan fingerprint density at radius 3 is 3.17 bits per heavy atom. The van der Waals surface area contributed by atoms with E-state index in [1.807, 2.05) is 7.05 Å². The van der Waals surface area contributed by atoms with Crippen molar-refractivity contribution in [1.82, 2.24) is 10.3 Å². The maximum Gasteiger partial charge on any atom is 0.183 e. The van der Waals surface area contributed by atoms with Gasteiger partial charge >= 0.3 is 0 Å². The Morgan fingerprint density at radius 1 is 1.67 bits per heavy atom. The molecule has 1 aliphatic rings. The molecule has 0 aromatic carbocycles. The number of aromatic nitrogens is 1. The lowest BCUT2D eigenvalue weighted by Gasteiger charge is -1.96. The number of anilines is 1. The monoisotopic (exact) mass is 183 g/mol. The maximum atomic E-state index is 4.43. The summed E-state index contributed by atoms with van der Waals surface area (Å²) < 4.78 is 0. The molecular weight excluding hydrogens is 170 g/mol. The number of nitrogens with one attached hydrogen (secondary N) is 2. The fraction of sp³-hybridized carbons (Fsp3) is 0.625. The van der Waals surface area contributed by atoms with Gasteiger partial charge < -0.3 is 10.6 Å². The SMILES string of the molecule is CNCc1csc(NC2CC2)n1. The molecule has 0 amide bonds. The maximum absolute atomic E-state index is 4.43.